The molecular formula is C20H18F2N2O3S. The van der Waals surface area contributed by atoms with Crippen molar-refractivity contribution in [1.82, 2.24) is 9.62 Å². The van der Waals surface area contributed by atoms with Crippen molar-refractivity contribution in [2.24, 2.45) is 0 Å². The maximum absolute atomic E-state index is 14.1. The van der Waals surface area contributed by atoms with Gasteiger partial charge in [-0.25, -0.2) is 21.9 Å². The second kappa shape index (κ2) is 9.26. The Balaban J connectivity index is 2.34. The fraction of sp³-hybridized carbons (Fsp3) is 0.150. The van der Waals surface area contributed by atoms with Crippen LogP contribution in [0.4, 0.5) is 8.78 Å². The number of carbonyl (C=O) groups is 1. The second-order valence-corrected chi connectivity index (χ2v) is 7.51. The van der Waals surface area contributed by atoms with Crippen molar-refractivity contribution in [3.63, 3.8) is 0 Å². The van der Waals surface area contributed by atoms with E-state index in [0.29, 0.717) is 5.56 Å². The number of amides is 1. The van der Waals surface area contributed by atoms with E-state index in [1.807, 2.05) is 0 Å². The second-order valence-electron chi connectivity index (χ2n) is 5.78. The van der Waals surface area contributed by atoms with Crippen molar-refractivity contribution >= 4 is 15.9 Å². The van der Waals surface area contributed by atoms with Gasteiger partial charge >= 0.3 is 0 Å². The molecule has 28 heavy (non-hydrogen) atoms. The largest absolute Gasteiger partial charge is 0.323 e. The van der Waals surface area contributed by atoms with E-state index in [-0.39, 0.29) is 25.2 Å². The summed E-state index contributed by atoms with van der Waals surface area (Å²) in [5.41, 5.74) is 0.588. The highest BCUT2D eigenvalue weighted by atomic mass is 32.2. The smallest absolute Gasteiger partial charge is 0.254 e. The molecule has 1 amide bonds. The van der Waals surface area contributed by atoms with E-state index >= 15 is 0 Å². The van der Waals surface area contributed by atoms with Gasteiger partial charge in [-0.15, -0.1) is 13.0 Å². The molecule has 0 spiro atoms. The first-order valence-electron chi connectivity index (χ1n) is 8.15. The lowest BCUT2D eigenvalue weighted by atomic mass is 10.1. The first-order chi connectivity index (χ1) is 13.3. The highest BCUT2D eigenvalue weighted by molar-refractivity contribution is 7.89. The van der Waals surface area contributed by atoms with E-state index in [1.54, 1.807) is 0 Å². The number of carbonyl (C=O) groups excluding carboxylic acids is 1. The van der Waals surface area contributed by atoms with E-state index in [2.05, 4.69) is 17.2 Å². The minimum atomic E-state index is -4.16. The average Bonchev–Trinajstić information content (AvgIpc) is 2.67. The normalized spacial score (nSPS) is 10.9. The zero-order valence-corrected chi connectivity index (χ0v) is 15.7. The van der Waals surface area contributed by atoms with Crippen LogP contribution in [0.1, 0.15) is 15.9 Å². The monoisotopic (exact) mass is 404 g/mol. The van der Waals surface area contributed by atoms with Gasteiger partial charge in [-0.3, -0.25) is 4.79 Å². The molecule has 0 heterocycles. The lowest BCUT2D eigenvalue weighted by Crippen LogP contribution is -2.31. The van der Waals surface area contributed by atoms with Crippen molar-refractivity contribution < 1.29 is 22.0 Å². The minimum absolute atomic E-state index is 0.0438. The predicted molar refractivity (Wildman–Crippen MR) is 102 cm³/mol. The van der Waals surface area contributed by atoms with E-state index < -0.39 is 32.5 Å². The summed E-state index contributed by atoms with van der Waals surface area (Å²) in [7, 11) is -4.16. The molecule has 2 aromatic carbocycles. The van der Waals surface area contributed by atoms with Crippen LogP contribution in [0.2, 0.25) is 0 Å². The van der Waals surface area contributed by atoms with Gasteiger partial charge in [0.15, 0.2) is 0 Å². The van der Waals surface area contributed by atoms with E-state index in [4.69, 9.17) is 6.42 Å². The number of hydrogen-bond acceptors (Lipinski definition) is 3. The molecule has 2 rings (SSSR count). The van der Waals surface area contributed by atoms with Gasteiger partial charge in [-0.05, 0) is 35.9 Å². The zero-order chi connectivity index (χ0) is 20.7. The van der Waals surface area contributed by atoms with Crippen LogP contribution in [0.3, 0.4) is 0 Å². The molecule has 0 bridgehead atoms. The highest BCUT2D eigenvalue weighted by Crippen LogP contribution is 2.18. The van der Waals surface area contributed by atoms with Crippen molar-refractivity contribution in [3.05, 3.63) is 77.9 Å². The van der Waals surface area contributed by atoms with Gasteiger partial charge in [0.1, 0.15) is 16.5 Å². The van der Waals surface area contributed by atoms with Gasteiger partial charge in [0.2, 0.25) is 10.0 Å². The van der Waals surface area contributed by atoms with Crippen molar-refractivity contribution in [3.8, 4) is 12.3 Å². The highest BCUT2D eigenvalue weighted by Gasteiger charge is 2.23. The Kier molecular flexibility index (Phi) is 7.04. The zero-order valence-electron chi connectivity index (χ0n) is 14.9. The first-order valence-corrected chi connectivity index (χ1v) is 9.64. The fourth-order valence-corrected chi connectivity index (χ4v) is 3.49. The molecule has 0 aliphatic rings. The Morgan fingerprint density at radius 2 is 1.89 bits per heavy atom. The Morgan fingerprint density at radius 3 is 2.50 bits per heavy atom. The molecule has 0 saturated carbocycles. The summed E-state index contributed by atoms with van der Waals surface area (Å²) < 4.78 is 53.7. The Labute approximate surface area is 162 Å². The molecule has 0 saturated heterocycles. The number of terminal acetylenes is 1. The van der Waals surface area contributed by atoms with Crippen molar-refractivity contribution in [2.45, 2.75) is 11.4 Å². The SMILES string of the molecule is C#CCN(Cc1ccc(F)cc1)C(=O)c1ccc(F)c(S(=O)(=O)NCC=C)c1. The minimum Gasteiger partial charge on any atom is -0.323 e. The molecule has 0 unspecified atom stereocenters. The molecule has 0 aliphatic carbocycles. The van der Waals surface area contributed by atoms with Crippen LogP contribution in [-0.4, -0.2) is 32.3 Å². The quantitative estimate of drug-likeness (QED) is 0.544. The number of nitrogens with zero attached hydrogens (tertiary/aromatic N) is 1. The lowest BCUT2D eigenvalue weighted by Gasteiger charge is -2.21. The van der Waals surface area contributed by atoms with Crippen LogP contribution in [0.15, 0.2) is 60.0 Å². The molecule has 2 aromatic rings. The molecule has 146 valence electrons. The molecule has 0 radical (unpaired) electrons. The number of halogens is 2. The summed E-state index contributed by atoms with van der Waals surface area (Å²) in [6.07, 6.45) is 6.63. The van der Waals surface area contributed by atoms with Crippen LogP contribution in [-0.2, 0) is 16.6 Å². The molecular weight excluding hydrogens is 386 g/mol. The summed E-state index contributed by atoms with van der Waals surface area (Å²) in [5, 5.41) is 0. The summed E-state index contributed by atoms with van der Waals surface area (Å²) in [6.45, 7) is 3.32. The van der Waals surface area contributed by atoms with Gasteiger partial charge in [0, 0.05) is 18.7 Å². The average molecular weight is 404 g/mol. The van der Waals surface area contributed by atoms with Crippen LogP contribution in [0.5, 0.6) is 0 Å². The van der Waals surface area contributed by atoms with Crippen molar-refractivity contribution in [2.75, 3.05) is 13.1 Å². The number of sulfonamides is 1. The summed E-state index contributed by atoms with van der Waals surface area (Å²) >= 11 is 0. The first kappa shape index (κ1) is 21.3. The third kappa shape index (κ3) is 5.25. The Morgan fingerprint density at radius 1 is 1.21 bits per heavy atom. The Bertz CT molecular complexity index is 1010. The third-order valence-corrected chi connectivity index (χ3v) is 5.18. The number of benzene rings is 2. The lowest BCUT2D eigenvalue weighted by molar-refractivity contribution is 0.0765. The summed E-state index contributed by atoms with van der Waals surface area (Å²) in [4.78, 5) is 13.4. The summed E-state index contributed by atoms with van der Waals surface area (Å²) in [6, 6.07) is 8.55. The van der Waals surface area contributed by atoms with Crippen LogP contribution < -0.4 is 4.72 Å². The predicted octanol–water partition coefficient (Wildman–Crippen LogP) is 2.70. The van der Waals surface area contributed by atoms with Crippen molar-refractivity contribution in [1.29, 1.82) is 0 Å². The molecule has 5 nitrogen and oxygen atoms in total. The van der Waals surface area contributed by atoms with Crippen LogP contribution in [0.25, 0.3) is 0 Å². The maximum atomic E-state index is 14.1. The molecule has 0 atom stereocenters. The van der Waals surface area contributed by atoms with E-state index in [0.717, 1.165) is 12.1 Å². The van der Waals surface area contributed by atoms with Gasteiger partial charge in [-0.1, -0.05) is 24.1 Å². The van der Waals surface area contributed by atoms with Crippen LogP contribution >= 0.6 is 0 Å². The van der Waals surface area contributed by atoms with E-state index in [9.17, 15) is 22.0 Å². The topological polar surface area (TPSA) is 66.5 Å². The molecule has 0 aliphatic heterocycles. The third-order valence-electron chi connectivity index (χ3n) is 3.74. The molecule has 8 heteroatoms. The standard InChI is InChI=1S/C20H18F2N2O3S/c1-3-11-23-28(26,27)19-13-16(7-10-18(19)22)20(25)24(12-4-2)14-15-5-8-17(21)9-6-15/h2-3,5-10,13,23H,1,11-12,14H2. The summed E-state index contributed by atoms with van der Waals surface area (Å²) in [5.74, 6) is 0.360. The van der Waals surface area contributed by atoms with Gasteiger partial charge in [0.25, 0.3) is 5.91 Å². The maximum Gasteiger partial charge on any atom is 0.254 e. The van der Waals surface area contributed by atoms with E-state index in [1.165, 1.54) is 41.3 Å². The number of hydrogen-bond donors (Lipinski definition) is 1. The number of rotatable bonds is 8. The molecule has 1 N–H and O–H groups in total. The van der Waals surface area contributed by atoms with Gasteiger partial charge in [-0.2, -0.15) is 0 Å². The fourth-order valence-electron chi connectivity index (χ4n) is 2.39. The van der Waals surface area contributed by atoms with Gasteiger partial charge in [0.05, 0.1) is 6.54 Å². The Hall–Kier alpha value is -3.02. The van der Waals surface area contributed by atoms with Crippen LogP contribution in [0, 0.1) is 24.0 Å². The molecule has 0 aromatic heterocycles. The number of nitrogens with one attached hydrogen (secondary N) is 1. The molecule has 0 fully saturated rings. The van der Waals surface area contributed by atoms with Gasteiger partial charge < -0.3 is 4.90 Å².